The number of nitrogens with zero attached hydrogens (tertiary/aromatic N) is 1. The summed E-state index contributed by atoms with van der Waals surface area (Å²) in [5, 5.41) is 2.93. The molecule has 0 radical (unpaired) electrons. The fraction of sp³-hybridized carbons (Fsp3) is 0.429. The summed E-state index contributed by atoms with van der Waals surface area (Å²) < 4.78 is 0. The molecule has 1 aromatic carbocycles. The van der Waals surface area contributed by atoms with Crippen molar-refractivity contribution in [2.75, 3.05) is 18.9 Å². The Kier molecular flexibility index (Phi) is 6.98. The van der Waals surface area contributed by atoms with E-state index in [-0.39, 0.29) is 18.4 Å². The molecule has 0 aliphatic carbocycles. The quantitative estimate of drug-likeness (QED) is 0.773. The molecule has 0 saturated heterocycles. The van der Waals surface area contributed by atoms with Crippen molar-refractivity contribution in [3.8, 4) is 0 Å². The molecule has 0 aliphatic heterocycles. The maximum Gasteiger partial charge on any atom is 0.264 e. The number of hydrogen-bond donors (Lipinski definition) is 1. The Morgan fingerprint density at radius 3 is 2.38 bits per heavy atom. The van der Waals surface area contributed by atoms with Crippen LogP contribution in [0, 0.1) is 13.8 Å². The lowest BCUT2D eigenvalue weighted by Gasteiger charge is -2.17. The van der Waals surface area contributed by atoms with Gasteiger partial charge in [0, 0.05) is 17.6 Å². The van der Waals surface area contributed by atoms with Gasteiger partial charge in [-0.1, -0.05) is 38.5 Å². The maximum absolute atomic E-state index is 12.7. The van der Waals surface area contributed by atoms with E-state index in [1.54, 1.807) is 18.4 Å². The van der Waals surface area contributed by atoms with Crippen LogP contribution in [-0.2, 0) is 17.6 Å². The standard InChI is InChI=1S/C21H28N2O2S/c1-6-9-17-16(7-2)12-18(26-17)21(25)23(5)13-19(24)22-20-14(3)10-8-11-15(20)4/h8,10-12H,6-7,9,13H2,1-5H3,(H,22,24). The van der Waals surface area contributed by atoms with Crippen molar-refractivity contribution in [3.05, 3.63) is 50.7 Å². The molecule has 0 aliphatic rings. The molecule has 1 N–H and O–H groups in total. The first-order valence-electron chi connectivity index (χ1n) is 9.10. The van der Waals surface area contributed by atoms with Gasteiger partial charge in [-0.25, -0.2) is 0 Å². The minimum atomic E-state index is -0.181. The molecule has 0 atom stereocenters. The smallest absolute Gasteiger partial charge is 0.264 e. The van der Waals surface area contributed by atoms with E-state index >= 15 is 0 Å². The van der Waals surface area contributed by atoms with E-state index in [0.29, 0.717) is 4.88 Å². The van der Waals surface area contributed by atoms with Gasteiger partial charge in [-0.3, -0.25) is 9.59 Å². The third kappa shape index (κ3) is 4.73. The molecule has 2 amide bonds. The van der Waals surface area contributed by atoms with Crippen LogP contribution in [0.15, 0.2) is 24.3 Å². The van der Waals surface area contributed by atoms with E-state index < -0.39 is 0 Å². The van der Waals surface area contributed by atoms with Gasteiger partial charge < -0.3 is 10.2 Å². The van der Waals surface area contributed by atoms with Gasteiger partial charge in [0.15, 0.2) is 0 Å². The summed E-state index contributed by atoms with van der Waals surface area (Å²) in [7, 11) is 1.68. The fourth-order valence-electron chi connectivity index (χ4n) is 2.98. The SMILES string of the molecule is CCCc1sc(C(=O)N(C)CC(=O)Nc2c(C)cccc2C)cc1CC. The molecule has 0 bridgehead atoms. The molecule has 0 saturated carbocycles. The molecular weight excluding hydrogens is 344 g/mol. The molecule has 0 fully saturated rings. The number of aryl methyl sites for hydroxylation is 4. The monoisotopic (exact) mass is 372 g/mol. The number of amides is 2. The first-order valence-corrected chi connectivity index (χ1v) is 9.92. The number of benzene rings is 1. The van der Waals surface area contributed by atoms with Crippen LogP contribution in [0.3, 0.4) is 0 Å². The Hall–Kier alpha value is -2.14. The summed E-state index contributed by atoms with van der Waals surface area (Å²) in [5.74, 6) is -0.275. The van der Waals surface area contributed by atoms with Crippen molar-refractivity contribution in [2.24, 2.45) is 0 Å². The van der Waals surface area contributed by atoms with Gasteiger partial charge in [-0.05, 0) is 49.4 Å². The lowest BCUT2D eigenvalue weighted by molar-refractivity contribution is -0.116. The number of rotatable bonds is 7. The highest BCUT2D eigenvalue weighted by Crippen LogP contribution is 2.25. The predicted molar refractivity (Wildman–Crippen MR) is 109 cm³/mol. The van der Waals surface area contributed by atoms with Crippen LogP contribution in [0.1, 0.15) is 51.5 Å². The molecule has 2 rings (SSSR count). The third-order valence-corrected chi connectivity index (χ3v) is 5.66. The van der Waals surface area contributed by atoms with E-state index in [2.05, 4.69) is 19.2 Å². The second-order valence-electron chi connectivity index (χ2n) is 6.64. The third-order valence-electron chi connectivity index (χ3n) is 4.44. The van der Waals surface area contributed by atoms with E-state index in [4.69, 9.17) is 0 Å². The van der Waals surface area contributed by atoms with Crippen molar-refractivity contribution < 1.29 is 9.59 Å². The molecule has 1 aromatic heterocycles. The van der Waals surface area contributed by atoms with Gasteiger partial charge in [-0.2, -0.15) is 0 Å². The Morgan fingerprint density at radius 2 is 1.81 bits per heavy atom. The molecule has 1 heterocycles. The van der Waals surface area contributed by atoms with Crippen molar-refractivity contribution in [1.82, 2.24) is 4.90 Å². The summed E-state index contributed by atoms with van der Waals surface area (Å²) in [6.45, 7) is 8.21. The zero-order chi connectivity index (χ0) is 19.3. The summed E-state index contributed by atoms with van der Waals surface area (Å²) in [6, 6.07) is 7.87. The summed E-state index contributed by atoms with van der Waals surface area (Å²) >= 11 is 1.56. The van der Waals surface area contributed by atoms with E-state index in [9.17, 15) is 9.59 Å². The van der Waals surface area contributed by atoms with Gasteiger partial charge in [0.1, 0.15) is 0 Å². The van der Waals surface area contributed by atoms with Gasteiger partial charge >= 0.3 is 0 Å². The Balaban J connectivity index is 2.05. The van der Waals surface area contributed by atoms with Crippen LogP contribution >= 0.6 is 11.3 Å². The zero-order valence-electron chi connectivity index (χ0n) is 16.3. The number of para-hydroxylation sites is 1. The summed E-state index contributed by atoms with van der Waals surface area (Å²) in [4.78, 5) is 28.6. The Morgan fingerprint density at radius 1 is 1.15 bits per heavy atom. The minimum Gasteiger partial charge on any atom is -0.332 e. The fourth-order valence-corrected chi connectivity index (χ4v) is 4.33. The number of likely N-dealkylation sites (N-methyl/N-ethyl adjacent to an activating group) is 1. The number of nitrogens with one attached hydrogen (secondary N) is 1. The number of hydrogen-bond acceptors (Lipinski definition) is 3. The Labute approximate surface area is 160 Å². The highest BCUT2D eigenvalue weighted by Gasteiger charge is 2.19. The van der Waals surface area contributed by atoms with Crippen molar-refractivity contribution in [2.45, 2.75) is 47.0 Å². The van der Waals surface area contributed by atoms with Crippen LogP contribution < -0.4 is 5.32 Å². The van der Waals surface area contributed by atoms with Gasteiger partial charge in [0.25, 0.3) is 5.91 Å². The molecule has 26 heavy (non-hydrogen) atoms. The first kappa shape index (κ1) is 20.2. The second kappa shape index (κ2) is 8.99. The van der Waals surface area contributed by atoms with Crippen molar-refractivity contribution >= 4 is 28.8 Å². The zero-order valence-corrected chi connectivity index (χ0v) is 17.1. The molecule has 0 unspecified atom stereocenters. The molecule has 2 aromatic rings. The van der Waals surface area contributed by atoms with Gasteiger partial charge in [0.05, 0.1) is 11.4 Å². The van der Waals surface area contributed by atoms with Crippen molar-refractivity contribution in [1.29, 1.82) is 0 Å². The van der Waals surface area contributed by atoms with E-state index in [1.165, 1.54) is 15.3 Å². The first-order chi connectivity index (χ1) is 12.4. The average molecular weight is 373 g/mol. The average Bonchev–Trinajstić information content (AvgIpc) is 3.01. The maximum atomic E-state index is 12.7. The van der Waals surface area contributed by atoms with Crippen LogP contribution in [0.2, 0.25) is 0 Å². The summed E-state index contributed by atoms with van der Waals surface area (Å²) in [6.07, 6.45) is 2.99. The molecule has 0 spiro atoms. The van der Waals surface area contributed by atoms with Crippen LogP contribution in [0.25, 0.3) is 0 Å². The van der Waals surface area contributed by atoms with Gasteiger partial charge in [-0.15, -0.1) is 11.3 Å². The van der Waals surface area contributed by atoms with Gasteiger partial charge in [0.2, 0.25) is 5.91 Å². The number of anilines is 1. The number of carbonyl (C=O) groups excluding carboxylic acids is 2. The largest absolute Gasteiger partial charge is 0.332 e. The molecule has 140 valence electrons. The lowest BCUT2D eigenvalue weighted by atomic mass is 10.1. The number of thiophene rings is 1. The number of carbonyl (C=O) groups is 2. The molecule has 4 nitrogen and oxygen atoms in total. The van der Waals surface area contributed by atoms with Crippen LogP contribution in [-0.4, -0.2) is 30.3 Å². The topological polar surface area (TPSA) is 49.4 Å². The molecule has 5 heteroatoms. The van der Waals surface area contributed by atoms with Crippen LogP contribution in [0.4, 0.5) is 5.69 Å². The predicted octanol–water partition coefficient (Wildman–Crippen LogP) is 4.59. The lowest BCUT2D eigenvalue weighted by Crippen LogP contribution is -2.34. The van der Waals surface area contributed by atoms with Crippen LogP contribution in [0.5, 0.6) is 0 Å². The normalized spacial score (nSPS) is 10.7. The van der Waals surface area contributed by atoms with E-state index in [0.717, 1.165) is 36.1 Å². The molecular formula is C21H28N2O2S. The highest BCUT2D eigenvalue weighted by atomic mass is 32.1. The minimum absolute atomic E-state index is 0.0368. The second-order valence-corrected chi connectivity index (χ2v) is 7.78. The Bertz CT molecular complexity index is 775. The highest BCUT2D eigenvalue weighted by molar-refractivity contribution is 7.14. The summed E-state index contributed by atoms with van der Waals surface area (Å²) in [5.41, 5.74) is 4.10. The van der Waals surface area contributed by atoms with E-state index in [1.807, 2.05) is 38.1 Å². The van der Waals surface area contributed by atoms with Crippen molar-refractivity contribution in [3.63, 3.8) is 0 Å².